The molecule has 0 spiro atoms. The Morgan fingerprint density at radius 3 is 2.17 bits per heavy atom. The predicted molar refractivity (Wildman–Crippen MR) is 120 cm³/mol. The van der Waals surface area contributed by atoms with E-state index in [1.807, 2.05) is 22.8 Å². The molecule has 2 aromatic rings. The summed E-state index contributed by atoms with van der Waals surface area (Å²) in [5.41, 5.74) is 2.03. The number of nitrogens with zero attached hydrogens (tertiary/aromatic N) is 1. The highest BCUT2D eigenvalue weighted by molar-refractivity contribution is 9.13. The molecule has 0 radical (unpaired) electrons. The lowest BCUT2D eigenvalue weighted by Gasteiger charge is -2.16. The maximum absolute atomic E-state index is 13.4. The number of aromatic nitrogens is 1. The maximum atomic E-state index is 13.4. The largest absolute Gasteiger partial charge is 0.468 e. The van der Waals surface area contributed by atoms with Gasteiger partial charge in [0.15, 0.2) is 5.92 Å². The lowest BCUT2D eigenvalue weighted by Crippen LogP contribution is -2.28. The molecule has 0 N–H and O–H groups in total. The van der Waals surface area contributed by atoms with Gasteiger partial charge in [-0.3, -0.25) is 14.4 Å². The van der Waals surface area contributed by atoms with E-state index in [4.69, 9.17) is 9.47 Å². The van der Waals surface area contributed by atoms with Crippen LogP contribution in [0.3, 0.4) is 0 Å². The Morgan fingerprint density at radius 2 is 1.63 bits per heavy atom. The molecule has 2 rings (SSSR count). The molecule has 1 aromatic carbocycles. The highest BCUT2D eigenvalue weighted by atomic mass is 79.9. The zero-order chi connectivity index (χ0) is 22.3. The molecule has 0 atom stereocenters. The van der Waals surface area contributed by atoms with Crippen LogP contribution in [-0.4, -0.2) is 36.5 Å². The normalized spacial score (nSPS) is 10.9. The molecule has 1 heterocycles. The van der Waals surface area contributed by atoms with E-state index in [2.05, 4.69) is 38.8 Å². The highest BCUT2D eigenvalue weighted by Crippen LogP contribution is 2.36. The Kier molecular flexibility index (Phi) is 9.30. The molecule has 0 aliphatic heterocycles. The van der Waals surface area contributed by atoms with Crippen molar-refractivity contribution in [1.82, 2.24) is 4.57 Å². The number of carbonyl (C=O) groups excluding carboxylic acids is 3. The number of hydrogen-bond donors (Lipinski definition) is 0. The van der Waals surface area contributed by atoms with Crippen molar-refractivity contribution >= 4 is 49.6 Å². The summed E-state index contributed by atoms with van der Waals surface area (Å²) in [4.78, 5) is 37.5. The van der Waals surface area contributed by atoms with E-state index in [-0.39, 0.29) is 18.7 Å². The molecule has 8 heteroatoms. The van der Waals surface area contributed by atoms with Gasteiger partial charge in [0.2, 0.25) is 5.78 Å². The molecule has 0 aliphatic rings. The number of esters is 2. The van der Waals surface area contributed by atoms with E-state index in [0.717, 1.165) is 29.3 Å². The van der Waals surface area contributed by atoms with E-state index >= 15 is 0 Å². The summed E-state index contributed by atoms with van der Waals surface area (Å²) in [7, 11) is 2.46. The van der Waals surface area contributed by atoms with E-state index in [1.165, 1.54) is 14.2 Å². The van der Waals surface area contributed by atoms with Crippen molar-refractivity contribution in [2.45, 2.75) is 39.2 Å². The molecule has 162 valence electrons. The fourth-order valence-corrected chi connectivity index (χ4v) is 4.45. The summed E-state index contributed by atoms with van der Waals surface area (Å²) in [6.07, 6.45) is 2.79. The van der Waals surface area contributed by atoms with Gasteiger partial charge in [0, 0.05) is 12.1 Å². The van der Waals surface area contributed by atoms with Crippen molar-refractivity contribution in [2.75, 3.05) is 14.2 Å². The van der Waals surface area contributed by atoms with Crippen molar-refractivity contribution in [3.05, 3.63) is 56.2 Å². The Labute approximate surface area is 193 Å². The first-order chi connectivity index (χ1) is 14.4. The standard InChI is InChI=1S/C22H25Br2NO5/c1-4-5-11-15-17(23)20(24)25(13-12-16(21(27)29-2)22(28)30-3)18(15)19(26)14-9-7-6-8-10-14/h6-10,16H,4-5,11-13H2,1-3H3. The van der Waals surface area contributed by atoms with Gasteiger partial charge in [-0.15, -0.1) is 0 Å². The molecule has 0 unspecified atom stereocenters. The van der Waals surface area contributed by atoms with Crippen molar-refractivity contribution in [2.24, 2.45) is 5.92 Å². The molecule has 0 amide bonds. The van der Waals surface area contributed by atoms with Crippen LogP contribution >= 0.6 is 31.9 Å². The van der Waals surface area contributed by atoms with Crippen LogP contribution in [0.15, 0.2) is 39.4 Å². The zero-order valence-electron chi connectivity index (χ0n) is 17.2. The summed E-state index contributed by atoms with van der Waals surface area (Å²) in [5, 5.41) is 0. The smallest absolute Gasteiger partial charge is 0.320 e. The third-order valence-corrected chi connectivity index (χ3v) is 7.09. The number of carbonyl (C=O) groups is 3. The molecule has 0 saturated heterocycles. The Morgan fingerprint density at radius 1 is 1.03 bits per heavy atom. The number of benzene rings is 1. The van der Waals surface area contributed by atoms with Crippen LogP contribution in [0.5, 0.6) is 0 Å². The highest BCUT2D eigenvalue weighted by Gasteiger charge is 2.31. The maximum Gasteiger partial charge on any atom is 0.320 e. The van der Waals surface area contributed by atoms with Gasteiger partial charge < -0.3 is 14.0 Å². The molecule has 0 saturated carbocycles. The second-order valence-electron chi connectivity index (χ2n) is 6.77. The van der Waals surface area contributed by atoms with Crippen molar-refractivity contribution in [1.29, 1.82) is 0 Å². The van der Waals surface area contributed by atoms with Gasteiger partial charge in [-0.2, -0.15) is 0 Å². The van der Waals surface area contributed by atoms with Gasteiger partial charge in [0.1, 0.15) is 0 Å². The van der Waals surface area contributed by atoms with Crippen LogP contribution in [0.2, 0.25) is 0 Å². The summed E-state index contributed by atoms with van der Waals surface area (Å²) >= 11 is 7.19. The second-order valence-corrected chi connectivity index (χ2v) is 8.31. The van der Waals surface area contributed by atoms with Crippen molar-refractivity contribution in [3.8, 4) is 0 Å². The Bertz CT molecular complexity index is 892. The van der Waals surface area contributed by atoms with Gasteiger partial charge in [0.05, 0.1) is 29.0 Å². The van der Waals surface area contributed by atoms with E-state index in [9.17, 15) is 14.4 Å². The van der Waals surface area contributed by atoms with Gasteiger partial charge >= 0.3 is 11.9 Å². The van der Waals surface area contributed by atoms with Crippen molar-refractivity contribution in [3.63, 3.8) is 0 Å². The lowest BCUT2D eigenvalue weighted by molar-refractivity contribution is -0.159. The lowest BCUT2D eigenvalue weighted by atomic mass is 10.0. The van der Waals surface area contributed by atoms with Crippen LogP contribution in [0.25, 0.3) is 0 Å². The van der Waals surface area contributed by atoms with Crippen LogP contribution in [-0.2, 0) is 32.0 Å². The quantitative estimate of drug-likeness (QED) is 0.241. The molecule has 0 fully saturated rings. The number of ether oxygens (including phenoxy) is 2. The molecule has 1 aromatic heterocycles. The molecule has 0 aliphatic carbocycles. The first kappa shape index (κ1) is 24.3. The Balaban J connectivity index is 2.48. The fourth-order valence-electron chi connectivity index (χ4n) is 3.26. The van der Waals surface area contributed by atoms with E-state index < -0.39 is 17.9 Å². The first-order valence-corrected chi connectivity index (χ1v) is 11.3. The van der Waals surface area contributed by atoms with Crippen LogP contribution < -0.4 is 0 Å². The summed E-state index contributed by atoms with van der Waals surface area (Å²) in [6.45, 7) is 2.35. The number of methoxy groups -OCH3 is 2. The topological polar surface area (TPSA) is 74.6 Å². The predicted octanol–water partition coefficient (Wildman–Crippen LogP) is 4.94. The SMILES string of the molecule is CCCCc1c(Br)c(Br)n(CCC(C(=O)OC)C(=O)OC)c1C(=O)c1ccccc1. The average Bonchev–Trinajstić information content (AvgIpc) is 3.01. The number of halogens is 2. The summed E-state index contributed by atoms with van der Waals surface area (Å²) in [5.74, 6) is -2.50. The minimum Gasteiger partial charge on any atom is -0.468 e. The number of ketones is 1. The van der Waals surface area contributed by atoms with Gasteiger partial charge in [-0.05, 0) is 56.7 Å². The number of unbranched alkanes of at least 4 members (excludes halogenated alkanes) is 1. The Hall–Kier alpha value is -1.93. The van der Waals surface area contributed by atoms with Gasteiger partial charge in [0.25, 0.3) is 0 Å². The fraction of sp³-hybridized carbons (Fsp3) is 0.409. The molecule has 30 heavy (non-hydrogen) atoms. The van der Waals surface area contributed by atoms with Crippen LogP contribution in [0.1, 0.15) is 47.8 Å². The second kappa shape index (κ2) is 11.5. The van der Waals surface area contributed by atoms with Gasteiger partial charge in [-0.1, -0.05) is 43.7 Å². The summed E-state index contributed by atoms with van der Waals surface area (Å²) < 4.78 is 12.8. The number of rotatable bonds is 10. The first-order valence-electron chi connectivity index (χ1n) is 9.69. The average molecular weight is 543 g/mol. The third-order valence-electron chi connectivity index (χ3n) is 4.88. The van der Waals surface area contributed by atoms with Crippen LogP contribution in [0, 0.1) is 5.92 Å². The molecule has 0 bridgehead atoms. The van der Waals surface area contributed by atoms with E-state index in [1.54, 1.807) is 12.1 Å². The monoisotopic (exact) mass is 541 g/mol. The van der Waals surface area contributed by atoms with E-state index in [0.29, 0.717) is 15.9 Å². The minimum atomic E-state index is -1.06. The van der Waals surface area contributed by atoms with Gasteiger partial charge in [-0.25, -0.2) is 0 Å². The zero-order valence-corrected chi connectivity index (χ0v) is 20.4. The third kappa shape index (κ3) is 5.40. The molecule has 6 nitrogen and oxygen atoms in total. The molecular weight excluding hydrogens is 518 g/mol. The van der Waals surface area contributed by atoms with Crippen LogP contribution in [0.4, 0.5) is 0 Å². The number of hydrogen-bond acceptors (Lipinski definition) is 5. The summed E-state index contributed by atoms with van der Waals surface area (Å²) in [6, 6.07) is 9.05. The molecular formula is C22H25Br2NO5. The minimum absolute atomic E-state index is 0.110. The van der Waals surface area contributed by atoms with Crippen molar-refractivity contribution < 1.29 is 23.9 Å².